The number of nitrogens with one attached hydrogen (secondary N) is 2. The first-order chi connectivity index (χ1) is 11.1. The first kappa shape index (κ1) is 14.8. The van der Waals surface area contributed by atoms with Gasteiger partial charge in [-0.25, -0.2) is 4.39 Å². The summed E-state index contributed by atoms with van der Waals surface area (Å²) in [6.07, 6.45) is 1.81. The highest BCUT2D eigenvalue weighted by molar-refractivity contribution is 5.95. The summed E-state index contributed by atoms with van der Waals surface area (Å²) in [5.41, 5.74) is 5.85. The lowest BCUT2D eigenvalue weighted by Crippen LogP contribution is -2.43. The number of benzene rings is 2. The predicted molar refractivity (Wildman–Crippen MR) is 83.9 cm³/mol. The van der Waals surface area contributed by atoms with E-state index in [1.165, 1.54) is 24.3 Å². The third-order valence-electron chi connectivity index (χ3n) is 3.42. The van der Waals surface area contributed by atoms with E-state index in [-0.39, 0.29) is 18.0 Å². The molecule has 23 heavy (non-hydrogen) atoms. The first-order valence-corrected chi connectivity index (χ1v) is 7.02. The van der Waals surface area contributed by atoms with Crippen molar-refractivity contribution in [2.75, 3.05) is 0 Å². The number of hydrogen-bond donors (Lipinski definition) is 2. The van der Waals surface area contributed by atoms with Crippen molar-refractivity contribution in [1.29, 1.82) is 0 Å². The summed E-state index contributed by atoms with van der Waals surface area (Å²) in [5.74, 6) is -1.29. The van der Waals surface area contributed by atoms with Crippen molar-refractivity contribution < 1.29 is 14.0 Å². The third kappa shape index (κ3) is 3.37. The summed E-state index contributed by atoms with van der Waals surface area (Å²) in [4.78, 5) is 23.8. The summed E-state index contributed by atoms with van der Waals surface area (Å²) in [6, 6.07) is 14.7. The number of hydrogen-bond acceptors (Lipinski definition) is 2. The number of halogens is 1. The quantitative estimate of drug-likeness (QED) is 0.729. The Kier molecular flexibility index (Phi) is 4.05. The van der Waals surface area contributed by atoms with Crippen LogP contribution in [0.1, 0.15) is 10.4 Å². The van der Waals surface area contributed by atoms with E-state index in [0.717, 1.165) is 10.9 Å². The molecule has 0 aliphatic heterocycles. The third-order valence-corrected chi connectivity index (χ3v) is 3.42. The summed E-state index contributed by atoms with van der Waals surface area (Å²) in [7, 11) is 0. The molecule has 2 aromatic carbocycles. The van der Waals surface area contributed by atoms with Gasteiger partial charge in [0.15, 0.2) is 0 Å². The molecule has 116 valence electrons. The topological polar surface area (TPSA) is 63.1 Å². The van der Waals surface area contributed by atoms with Crippen LogP contribution >= 0.6 is 0 Å². The van der Waals surface area contributed by atoms with Crippen molar-refractivity contribution in [2.24, 2.45) is 0 Å². The van der Waals surface area contributed by atoms with E-state index >= 15 is 0 Å². The van der Waals surface area contributed by atoms with Crippen molar-refractivity contribution in [3.63, 3.8) is 0 Å². The van der Waals surface area contributed by atoms with Crippen LogP contribution in [0.15, 0.2) is 60.8 Å². The molecule has 0 radical (unpaired) electrons. The van der Waals surface area contributed by atoms with E-state index in [9.17, 15) is 14.0 Å². The fraction of sp³-hybridized carbons (Fsp3) is 0.0588. The van der Waals surface area contributed by atoms with Crippen LogP contribution < -0.4 is 10.9 Å². The molecule has 2 amide bonds. The van der Waals surface area contributed by atoms with Gasteiger partial charge in [-0.1, -0.05) is 18.2 Å². The molecule has 1 heterocycles. The molecule has 6 heteroatoms. The zero-order valence-corrected chi connectivity index (χ0v) is 12.1. The van der Waals surface area contributed by atoms with Crippen molar-refractivity contribution >= 4 is 22.7 Å². The number of aromatic nitrogens is 1. The van der Waals surface area contributed by atoms with Gasteiger partial charge < -0.3 is 4.57 Å². The van der Waals surface area contributed by atoms with Gasteiger partial charge >= 0.3 is 0 Å². The molecular weight excluding hydrogens is 297 g/mol. The summed E-state index contributed by atoms with van der Waals surface area (Å²) >= 11 is 0. The Morgan fingerprint density at radius 1 is 0.957 bits per heavy atom. The fourth-order valence-electron chi connectivity index (χ4n) is 2.27. The van der Waals surface area contributed by atoms with Crippen LogP contribution in [0.4, 0.5) is 4.39 Å². The van der Waals surface area contributed by atoms with Gasteiger partial charge in [0, 0.05) is 17.3 Å². The molecule has 0 aliphatic rings. The molecule has 0 unspecified atom stereocenters. The number of carbonyl (C=O) groups is 2. The van der Waals surface area contributed by atoms with Gasteiger partial charge in [-0.3, -0.25) is 20.4 Å². The second kappa shape index (κ2) is 6.31. The standard InChI is InChI=1S/C17H14FN3O2/c18-14-7-5-13(6-8-14)17(23)20-19-16(22)11-21-10-9-12-3-1-2-4-15(12)21/h1-10H,11H2,(H,19,22)(H,20,23). The Hall–Kier alpha value is -3.15. The van der Waals surface area contributed by atoms with Gasteiger partial charge in [-0.15, -0.1) is 0 Å². The molecular formula is C17H14FN3O2. The Morgan fingerprint density at radius 2 is 1.70 bits per heavy atom. The molecule has 3 rings (SSSR count). The molecule has 0 saturated carbocycles. The van der Waals surface area contributed by atoms with E-state index in [1.807, 2.05) is 36.5 Å². The minimum atomic E-state index is -0.504. The summed E-state index contributed by atoms with van der Waals surface area (Å²) < 4.78 is 14.6. The summed E-state index contributed by atoms with van der Waals surface area (Å²) in [6.45, 7) is 0.0806. The maximum absolute atomic E-state index is 12.8. The lowest BCUT2D eigenvalue weighted by atomic mass is 10.2. The average molecular weight is 311 g/mol. The van der Waals surface area contributed by atoms with Crippen LogP contribution in [0.3, 0.4) is 0 Å². The van der Waals surface area contributed by atoms with Gasteiger partial charge in [0.2, 0.25) is 0 Å². The maximum atomic E-state index is 12.8. The Morgan fingerprint density at radius 3 is 2.48 bits per heavy atom. The van der Waals surface area contributed by atoms with Crippen LogP contribution in [0.5, 0.6) is 0 Å². The second-order valence-corrected chi connectivity index (χ2v) is 5.01. The smallest absolute Gasteiger partial charge is 0.269 e. The van der Waals surface area contributed by atoms with E-state index in [1.54, 1.807) is 4.57 Å². The number of para-hydroxylation sites is 1. The van der Waals surface area contributed by atoms with Crippen LogP contribution in [0.25, 0.3) is 10.9 Å². The van der Waals surface area contributed by atoms with Crippen molar-refractivity contribution in [1.82, 2.24) is 15.4 Å². The van der Waals surface area contributed by atoms with Crippen LogP contribution in [0.2, 0.25) is 0 Å². The highest BCUT2D eigenvalue weighted by atomic mass is 19.1. The largest absolute Gasteiger partial charge is 0.338 e. The number of nitrogens with zero attached hydrogens (tertiary/aromatic N) is 1. The molecule has 0 bridgehead atoms. The van der Waals surface area contributed by atoms with Gasteiger partial charge in [0.25, 0.3) is 11.8 Å². The number of carbonyl (C=O) groups excluding carboxylic acids is 2. The monoisotopic (exact) mass is 311 g/mol. The van der Waals surface area contributed by atoms with Gasteiger partial charge in [0.1, 0.15) is 12.4 Å². The first-order valence-electron chi connectivity index (χ1n) is 7.02. The highest BCUT2D eigenvalue weighted by Crippen LogP contribution is 2.14. The zero-order valence-electron chi connectivity index (χ0n) is 12.1. The zero-order chi connectivity index (χ0) is 16.2. The molecule has 0 spiro atoms. The Labute approximate surface area is 131 Å². The molecule has 0 aliphatic carbocycles. The molecule has 2 N–H and O–H groups in total. The molecule has 1 aromatic heterocycles. The van der Waals surface area contributed by atoms with Crippen molar-refractivity contribution in [3.8, 4) is 0 Å². The number of rotatable bonds is 3. The predicted octanol–water partition coefficient (Wildman–Crippen LogP) is 2.24. The molecule has 0 fully saturated rings. The SMILES string of the molecule is O=C(Cn1ccc2ccccc21)NNC(=O)c1ccc(F)cc1. The minimum Gasteiger partial charge on any atom is -0.338 e. The van der Waals surface area contributed by atoms with Gasteiger partial charge in [-0.05, 0) is 41.8 Å². The van der Waals surface area contributed by atoms with E-state index in [2.05, 4.69) is 10.9 Å². The second-order valence-electron chi connectivity index (χ2n) is 5.01. The maximum Gasteiger partial charge on any atom is 0.269 e. The molecule has 5 nitrogen and oxygen atoms in total. The van der Waals surface area contributed by atoms with Crippen molar-refractivity contribution in [3.05, 3.63) is 72.2 Å². The highest BCUT2D eigenvalue weighted by Gasteiger charge is 2.09. The number of amides is 2. The number of hydrazine groups is 1. The lowest BCUT2D eigenvalue weighted by molar-refractivity contribution is -0.122. The Balaban J connectivity index is 1.59. The average Bonchev–Trinajstić information content (AvgIpc) is 2.96. The summed E-state index contributed by atoms with van der Waals surface area (Å²) in [5, 5.41) is 1.04. The van der Waals surface area contributed by atoms with Crippen LogP contribution in [0, 0.1) is 5.82 Å². The van der Waals surface area contributed by atoms with E-state index in [0.29, 0.717) is 0 Å². The lowest BCUT2D eigenvalue weighted by Gasteiger charge is -2.09. The van der Waals surface area contributed by atoms with Crippen LogP contribution in [-0.2, 0) is 11.3 Å². The molecule has 0 saturated heterocycles. The molecule has 0 atom stereocenters. The Bertz CT molecular complexity index is 856. The molecule has 3 aromatic rings. The fourth-order valence-corrected chi connectivity index (χ4v) is 2.27. The normalized spacial score (nSPS) is 10.5. The van der Waals surface area contributed by atoms with Gasteiger partial charge in [0.05, 0.1) is 0 Å². The van der Waals surface area contributed by atoms with E-state index < -0.39 is 11.7 Å². The van der Waals surface area contributed by atoms with Crippen molar-refractivity contribution in [2.45, 2.75) is 6.54 Å². The number of fused-ring (bicyclic) bond motifs is 1. The minimum absolute atomic E-state index is 0.0806. The van der Waals surface area contributed by atoms with E-state index in [4.69, 9.17) is 0 Å². The van der Waals surface area contributed by atoms with Gasteiger partial charge in [-0.2, -0.15) is 0 Å². The van der Waals surface area contributed by atoms with Crippen LogP contribution in [-0.4, -0.2) is 16.4 Å².